The number of halogens is 1. The van der Waals surface area contributed by atoms with Crippen LogP contribution in [0.5, 0.6) is 0 Å². The van der Waals surface area contributed by atoms with Gasteiger partial charge in [0.2, 0.25) is 0 Å². The molecular weight excluding hydrogens is 396 g/mol. The van der Waals surface area contributed by atoms with Gasteiger partial charge < -0.3 is 15.5 Å². The van der Waals surface area contributed by atoms with E-state index in [0.29, 0.717) is 18.8 Å². The molecule has 0 spiro atoms. The normalized spacial score (nSPS) is 15.6. The zero-order valence-corrected chi connectivity index (χ0v) is 17.0. The number of benzene rings is 2. The molecule has 1 heterocycles. The van der Waals surface area contributed by atoms with Crippen molar-refractivity contribution in [1.82, 2.24) is 4.90 Å². The molecule has 0 radical (unpaired) electrons. The zero-order valence-electron chi connectivity index (χ0n) is 16.2. The van der Waals surface area contributed by atoms with Crippen LogP contribution in [0, 0.1) is 10.1 Å². The number of likely N-dealkylation sites (tertiary alicyclic amines) is 1. The predicted octanol–water partition coefficient (Wildman–Crippen LogP) is 2.49. The quantitative estimate of drug-likeness (QED) is 0.453. The van der Waals surface area contributed by atoms with E-state index < -0.39 is 10.7 Å². The smallest absolute Gasteiger partial charge is 0.293 e. The molecule has 8 nitrogen and oxygen atoms in total. The highest BCUT2D eigenvalue weighted by Gasteiger charge is 2.28. The van der Waals surface area contributed by atoms with E-state index in [4.69, 9.17) is 5.73 Å². The first-order chi connectivity index (χ1) is 13.3. The molecule has 1 fully saturated rings. The van der Waals surface area contributed by atoms with Crippen LogP contribution in [-0.4, -0.2) is 54.7 Å². The fourth-order valence-electron chi connectivity index (χ4n) is 3.35. The Balaban J connectivity index is 0.00000300. The fourth-order valence-corrected chi connectivity index (χ4v) is 3.35. The Bertz CT molecular complexity index is 948. The van der Waals surface area contributed by atoms with Crippen molar-refractivity contribution in [1.29, 1.82) is 0 Å². The van der Waals surface area contributed by atoms with Crippen molar-refractivity contribution in [2.75, 3.05) is 32.1 Å². The van der Waals surface area contributed by atoms with Crippen molar-refractivity contribution in [2.24, 2.45) is 5.73 Å². The van der Waals surface area contributed by atoms with Gasteiger partial charge in [-0.3, -0.25) is 19.7 Å². The van der Waals surface area contributed by atoms with Crippen LogP contribution in [0.4, 0.5) is 11.4 Å². The second-order valence-corrected chi connectivity index (χ2v) is 7.03. The number of ketones is 1. The van der Waals surface area contributed by atoms with E-state index in [9.17, 15) is 19.7 Å². The first-order valence-electron chi connectivity index (χ1n) is 8.94. The van der Waals surface area contributed by atoms with Crippen LogP contribution in [0.1, 0.15) is 32.7 Å². The highest BCUT2D eigenvalue weighted by Crippen LogP contribution is 2.29. The minimum Gasteiger partial charge on any atom is -0.372 e. The molecule has 2 N–H and O–H groups in total. The average molecular weight is 419 g/mol. The maximum Gasteiger partial charge on any atom is 0.293 e. The van der Waals surface area contributed by atoms with E-state index in [0.717, 1.165) is 6.42 Å². The van der Waals surface area contributed by atoms with E-state index in [-0.39, 0.29) is 46.7 Å². The lowest BCUT2D eigenvalue weighted by molar-refractivity contribution is -0.384. The number of hydrogen-bond acceptors (Lipinski definition) is 6. The maximum absolute atomic E-state index is 13.1. The van der Waals surface area contributed by atoms with Crippen molar-refractivity contribution in [2.45, 2.75) is 12.5 Å². The number of rotatable bonds is 5. The summed E-state index contributed by atoms with van der Waals surface area (Å²) in [5.41, 5.74) is 6.79. The largest absolute Gasteiger partial charge is 0.372 e. The number of nitrogens with two attached hydrogens (primary N) is 1. The van der Waals surface area contributed by atoms with Crippen LogP contribution in [-0.2, 0) is 0 Å². The SMILES string of the molecule is CN(C)c1ccc(C(=O)c2ccccc2C(=O)N2CC[C@@H](N)C2)cc1[N+](=O)[O-].Cl. The van der Waals surface area contributed by atoms with Crippen molar-refractivity contribution in [3.05, 3.63) is 69.3 Å². The third-order valence-electron chi connectivity index (χ3n) is 4.83. The number of amides is 1. The highest BCUT2D eigenvalue weighted by atomic mass is 35.5. The van der Waals surface area contributed by atoms with Gasteiger partial charge in [0, 0.05) is 50.4 Å². The average Bonchev–Trinajstić information content (AvgIpc) is 3.12. The zero-order chi connectivity index (χ0) is 20.4. The van der Waals surface area contributed by atoms with Crippen LogP contribution in [0.25, 0.3) is 0 Å². The monoisotopic (exact) mass is 418 g/mol. The summed E-state index contributed by atoms with van der Waals surface area (Å²) in [5.74, 6) is -0.683. The van der Waals surface area contributed by atoms with Gasteiger partial charge in [-0.1, -0.05) is 18.2 Å². The minimum absolute atomic E-state index is 0. The summed E-state index contributed by atoms with van der Waals surface area (Å²) in [6.07, 6.45) is 0.722. The standard InChI is InChI=1S/C20H22N4O4.ClH/c1-22(2)17-8-7-13(11-18(17)24(27)28)19(25)15-5-3-4-6-16(15)20(26)23-10-9-14(21)12-23;/h3-8,11,14H,9-10,12,21H2,1-2H3;1H/t14-;/m1./s1. The summed E-state index contributed by atoms with van der Waals surface area (Å²) in [7, 11) is 3.39. The van der Waals surface area contributed by atoms with E-state index in [1.807, 2.05) is 0 Å². The summed E-state index contributed by atoms with van der Waals surface area (Å²) >= 11 is 0. The molecule has 2 aromatic rings. The molecule has 3 rings (SSSR count). The summed E-state index contributed by atoms with van der Waals surface area (Å²) < 4.78 is 0. The van der Waals surface area contributed by atoms with Crippen LogP contribution in [0.15, 0.2) is 42.5 Å². The summed E-state index contributed by atoms with van der Waals surface area (Å²) in [4.78, 5) is 40.1. The van der Waals surface area contributed by atoms with Gasteiger partial charge in [0.15, 0.2) is 5.78 Å². The molecule has 1 aliphatic rings. The number of carbonyl (C=O) groups is 2. The van der Waals surface area contributed by atoms with Gasteiger partial charge in [-0.25, -0.2) is 0 Å². The van der Waals surface area contributed by atoms with Crippen LogP contribution in [0.3, 0.4) is 0 Å². The molecule has 0 unspecified atom stereocenters. The van der Waals surface area contributed by atoms with Gasteiger partial charge in [0.1, 0.15) is 5.69 Å². The molecule has 0 aromatic heterocycles. The van der Waals surface area contributed by atoms with Crippen LogP contribution >= 0.6 is 12.4 Å². The Morgan fingerprint density at radius 1 is 1.17 bits per heavy atom. The van der Waals surface area contributed by atoms with Crippen molar-refractivity contribution in [3.8, 4) is 0 Å². The number of carbonyl (C=O) groups excluding carboxylic acids is 2. The minimum atomic E-state index is -0.519. The first-order valence-corrected chi connectivity index (χ1v) is 8.94. The third-order valence-corrected chi connectivity index (χ3v) is 4.83. The second-order valence-electron chi connectivity index (χ2n) is 7.03. The van der Waals surface area contributed by atoms with Gasteiger partial charge in [0.05, 0.1) is 10.5 Å². The molecule has 2 aromatic carbocycles. The Morgan fingerprint density at radius 2 is 1.83 bits per heavy atom. The maximum atomic E-state index is 13.1. The molecule has 1 aliphatic heterocycles. The molecule has 1 atom stereocenters. The Labute approximate surface area is 174 Å². The van der Waals surface area contributed by atoms with Crippen LogP contribution < -0.4 is 10.6 Å². The second kappa shape index (κ2) is 9.02. The van der Waals surface area contributed by atoms with E-state index in [1.54, 1.807) is 48.2 Å². The van der Waals surface area contributed by atoms with E-state index in [2.05, 4.69) is 0 Å². The summed E-state index contributed by atoms with van der Waals surface area (Å²) in [5, 5.41) is 11.4. The van der Waals surface area contributed by atoms with Gasteiger partial charge >= 0.3 is 0 Å². The lowest BCUT2D eigenvalue weighted by Gasteiger charge is -2.18. The topological polar surface area (TPSA) is 110 Å². The molecule has 1 saturated heterocycles. The molecule has 1 amide bonds. The number of nitro groups is 1. The summed E-state index contributed by atoms with van der Waals surface area (Å²) in [6.45, 7) is 0.996. The Kier molecular flexibility index (Phi) is 6.94. The first kappa shape index (κ1) is 22.3. The number of anilines is 1. The Morgan fingerprint density at radius 3 is 2.38 bits per heavy atom. The predicted molar refractivity (Wildman–Crippen MR) is 113 cm³/mol. The Hall–Kier alpha value is -2.97. The van der Waals surface area contributed by atoms with Crippen LogP contribution in [0.2, 0.25) is 0 Å². The molecule has 154 valence electrons. The summed E-state index contributed by atoms with van der Waals surface area (Å²) in [6, 6.07) is 10.8. The fraction of sp³-hybridized carbons (Fsp3) is 0.300. The molecule has 0 bridgehead atoms. The highest BCUT2D eigenvalue weighted by molar-refractivity contribution is 6.15. The lowest BCUT2D eigenvalue weighted by atomic mass is 9.97. The van der Waals surface area contributed by atoms with E-state index >= 15 is 0 Å². The molecular formula is C20H23ClN4O4. The molecule has 0 aliphatic carbocycles. The van der Waals surface area contributed by atoms with Crippen molar-refractivity contribution >= 4 is 35.5 Å². The van der Waals surface area contributed by atoms with E-state index in [1.165, 1.54) is 18.2 Å². The number of hydrogen-bond donors (Lipinski definition) is 1. The van der Waals surface area contributed by atoms with Gasteiger partial charge in [-0.05, 0) is 24.6 Å². The van der Waals surface area contributed by atoms with Crippen molar-refractivity contribution in [3.63, 3.8) is 0 Å². The number of nitrogens with zero attached hydrogens (tertiary/aromatic N) is 3. The third kappa shape index (κ3) is 4.55. The lowest BCUT2D eigenvalue weighted by Crippen LogP contribution is -2.32. The molecule has 29 heavy (non-hydrogen) atoms. The van der Waals surface area contributed by atoms with Gasteiger partial charge in [-0.2, -0.15) is 0 Å². The van der Waals surface area contributed by atoms with Crippen molar-refractivity contribution < 1.29 is 14.5 Å². The molecule has 0 saturated carbocycles. The number of nitro benzene ring substituents is 1. The van der Waals surface area contributed by atoms with Gasteiger partial charge in [-0.15, -0.1) is 12.4 Å². The van der Waals surface area contributed by atoms with Gasteiger partial charge in [0.25, 0.3) is 11.6 Å². The molecule has 9 heteroatoms.